The fourth-order valence-corrected chi connectivity index (χ4v) is 3.35. The van der Waals surface area contributed by atoms with E-state index in [0.717, 1.165) is 10.4 Å². The SMILES string of the molecule is CCc1c(C)sc(NC(=O)c2cc(C(C)=O)c[nH]2)c1C(=O)O. The number of hydrogen-bond donors (Lipinski definition) is 3. The molecule has 0 spiro atoms. The second-order valence-corrected chi connectivity index (χ2v) is 6.04. The summed E-state index contributed by atoms with van der Waals surface area (Å²) < 4.78 is 0. The highest BCUT2D eigenvalue weighted by atomic mass is 32.1. The molecule has 0 atom stereocenters. The maximum Gasteiger partial charge on any atom is 0.339 e. The van der Waals surface area contributed by atoms with E-state index >= 15 is 0 Å². The fraction of sp³-hybridized carbons (Fsp3) is 0.267. The van der Waals surface area contributed by atoms with Crippen molar-refractivity contribution in [3.8, 4) is 0 Å². The molecular weight excluding hydrogens is 304 g/mol. The van der Waals surface area contributed by atoms with Crippen LogP contribution in [0.1, 0.15) is 55.5 Å². The number of hydrogen-bond acceptors (Lipinski definition) is 4. The summed E-state index contributed by atoms with van der Waals surface area (Å²) in [6.07, 6.45) is 2.03. The van der Waals surface area contributed by atoms with E-state index < -0.39 is 11.9 Å². The Labute approximate surface area is 131 Å². The van der Waals surface area contributed by atoms with E-state index in [4.69, 9.17) is 0 Å². The molecule has 0 aliphatic heterocycles. The van der Waals surface area contributed by atoms with Gasteiger partial charge in [-0.3, -0.25) is 9.59 Å². The number of nitrogens with one attached hydrogen (secondary N) is 2. The van der Waals surface area contributed by atoms with Gasteiger partial charge in [0.05, 0.1) is 5.56 Å². The van der Waals surface area contributed by atoms with Crippen LogP contribution in [0, 0.1) is 6.92 Å². The number of aromatic nitrogens is 1. The topological polar surface area (TPSA) is 99.3 Å². The molecule has 0 fully saturated rings. The second kappa shape index (κ2) is 6.15. The van der Waals surface area contributed by atoms with E-state index in [0.29, 0.717) is 17.0 Å². The van der Waals surface area contributed by atoms with Crippen molar-refractivity contribution in [2.75, 3.05) is 5.32 Å². The first-order valence-electron chi connectivity index (χ1n) is 6.71. The Morgan fingerprint density at radius 1 is 1.36 bits per heavy atom. The van der Waals surface area contributed by atoms with Crippen LogP contribution < -0.4 is 5.32 Å². The summed E-state index contributed by atoms with van der Waals surface area (Å²) in [5.41, 5.74) is 1.48. The van der Waals surface area contributed by atoms with Crippen molar-refractivity contribution in [3.05, 3.63) is 39.5 Å². The summed E-state index contributed by atoms with van der Waals surface area (Å²) in [5, 5.41) is 12.3. The molecule has 0 unspecified atom stereocenters. The van der Waals surface area contributed by atoms with E-state index in [2.05, 4.69) is 10.3 Å². The third-order valence-electron chi connectivity index (χ3n) is 3.34. The van der Waals surface area contributed by atoms with Gasteiger partial charge in [0, 0.05) is 16.6 Å². The highest BCUT2D eigenvalue weighted by Crippen LogP contribution is 2.33. The van der Waals surface area contributed by atoms with Gasteiger partial charge in [-0.1, -0.05) is 6.92 Å². The molecule has 3 N–H and O–H groups in total. The lowest BCUT2D eigenvalue weighted by Gasteiger charge is -2.03. The molecule has 2 aromatic rings. The number of Topliss-reactive ketones (excluding diaryl/α,β-unsaturated/α-hetero) is 1. The molecule has 0 aliphatic carbocycles. The van der Waals surface area contributed by atoms with Crippen LogP contribution in [-0.2, 0) is 6.42 Å². The maximum absolute atomic E-state index is 12.2. The molecule has 7 heteroatoms. The van der Waals surface area contributed by atoms with Crippen molar-refractivity contribution in [3.63, 3.8) is 0 Å². The van der Waals surface area contributed by atoms with Crippen molar-refractivity contribution in [2.24, 2.45) is 0 Å². The molecule has 6 nitrogen and oxygen atoms in total. The largest absolute Gasteiger partial charge is 0.478 e. The van der Waals surface area contributed by atoms with Gasteiger partial charge in [-0.05, 0) is 31.9 Å². The number of aromatic amines is 1. The summed E-state index contributed by atoms with van der Waals surface area (Å²) >= 11 is 1.24. The predicted octanol–water partition coefficient (Wildman–Crippen LogP) is 3.10. The van der Waals surface area contributed by atoms with Crippen molar-refractivity contribution < 1.29 is 19.5 Å². The third-order valence-corrected chi connectivity index (χ3v) is 4.40. The van der Waals surface area contributed by atoms with Gasteiger partial charge in [-0.25, -0.2) is 4.79 Å². The molecule has 2 heterocycles. The number of carbonyl (C=O) groups is 3. The highest BCUT2D eigenvalue weighted by molar-refractivity contribution is 7.16. The Kier molecular flexibility index (Phi) is 4.46. The average molecular weight is 320 g/mol. The number of carboxylic acids is 1. The van der Waals surface area contributed by atoms with Crippen molar-refractivity contribution in [1.29, 1.82) is 0 Å². The Balaban J connectivity index is 2.32. The molecule has 0 aliphatic rings. The van der Waals surface area contributed by atoms with Crippen LogP contribution in [0.15, 0.2) is 12.3 Å². The molecule has 1 amide bonds. The van der Waals surface area contributed by atoms with Crippen LogP contribution in [0.2, 0.25) is 0 Å². The zero-order chi connectivity index (χ0) is 16.4. The summed E-state index contributed by atoms with van der Waals surface area (Å²) in [4.78, 5) is 38.4. The number of carboxylic acid groups (broad SMARTS) is 1. The zero-order valence-corrected chi connectivity index (χ0v) is 13.3. The number of rotatable bonds is 5. The van der Waals surface area contributed by atoms with Gasteiger partial charge in [0.2, 0.25) is 0 Å². The van der Waals surface area contributed by atoms with Gasteiger partial charge in [0.1, 0.15) is 10.7 Å². The number of anilines is 1. The number of thiophene rings is 1. The van der Waals surface area contributed by atoms with E-state index in [1.165, 1.54) is 30.5 Å². The Bertz CT molecular complexity index is 758. The van der Waals surface area contributed by atoms with E-state index in [1.807, 2.05) is 13.8 Å². The lowest BCUT2D eigenvalue weighted by molar-refractivity contribution is 0.0697. The minimum Gasteiger partial charge on any atom is -0.478 e. The van der Waals surface area contributed by atoms with Gasteiger partial charge < -0.3 is 15.4 Å². The number of carbonyl (C=O) groups excluding carboxylic acids is 2. The summed E-state index contributed by atoms with van der Waals surface area (Å²) in [6, 6.07) is 1.44. The van der Waals surface area contributed by atoms with Crippen LogP contribution in [0.5, 0.6) is 0 Å². The molecule has 0 saturated carbocycles. The van der Waals surface area contributed by atoms with E-state index in [1.54, 1.807) is 0 Å². The average Bonchev–Trinajstić information content (AvgIpc) is 3.03. The summed E-state index contributed by atoms with van der Waals surface area (Å²) in [7, 11) is 0. The number of H-pyrrole nitrogens is 1. The van der Waals surface area contributed by atoms with E-state index in [-0.39, 0.29) is 17.0 Å². The van der Waals surface area contributed by atoms with Crippen LogP contribution in [0.4, 0.5) is 5.00 Å². The van der Waals surface area contributed by atoms with Crippen LogP contribution in [0.25, 0.3) is 0 Å². The minimum absolute atomic E-state index is 0.136. The van der Waals surface area contributed by atoms with E-state index in [9.17, 15) is 19.5 Å². The zero-order valence-electron chi connectivity index (χ0n) is 12.4. The Morgan fingerprint density at radius 3 is 2.55 bits per heavy atom. The third kappa shape index (κ3) is 2.94. The smallest absolute Gasteiger partial charge is 0.339 e. The minimum atomic E-state index is -1.06. The molecular formula is C15H16N2O4S. The predicted molar refractivity (Wildman–Crippen MR) is 84.1 cm³/mol. The van der Waals surface area contributed by atoms with Crippen molar-refractivity contribution in [2.45, 2.75) is 27.2 Å². The van der Waals surface area contributed by atoms with Gasteiger partial charge in [0.15, 0.2) is 5.78 Å². The van der Waals surface area contributed by atoms with Crippen LogP contribution in [0.3, 0.4) is 0 Å². The first-order chi connectivity index (χ1) is 10.3. The summed E-state index contributed by atoms with van der Waals surface area (Å²) in [6.45, 7) is 5.11. The second-order valence-electron chi connectivity index (χ2n) is 4.81. The molecule has 0 bridgehead atoms. The van der Waals surface area contributed by atoms with Gasteiger partial charge in [0.25, 0.3) is 5.91 Å². The molecule has 22 heavy (non-hydrogen) atoms. The molecule has 2 aromatic heterocycles. The normalized spacial score (nSPS) is 10.5. The molecule has 116 valence electrons. The molecule has 2 rings (SSSR count). The molecule has 0 radical (unpaired) electrons. The lowest BCUT2D eigenvalue weighted by atomic mass is 10.1. The van der Waals surface area contributed by atoms with Gasteiger partial charge in [-0.2, -0.15) is 0 Å². The standard InChI is InChI=1S/C15H16N2O4S/c1-4-10-8(3)22-14(12(10)15(20)21)17-13(19)11-5-9(6-16-11)7(2)18/h5-6,16H,4H2,1-3H3,(H,17,19)(H,20,21). The van der Waals surface area contributed by atoms with Crippen LogP contribution >= 0.6 is 11.3 Å². The fourth-order valence-electron chi connectivity index (χ4n) is 2.22. The quantitative estimate of drug-likeness (QED) is 0.737. The number of aromatic carboxylic acids is 1. The Hall–Kier alpha value is -2.41. The summed E-state index contributed by atoms with van der Waals surface area (Å²) in [5.74, 6) is -1.69. The molecule has 0 saturated heterocycles. The monoisotopic (exact) mass is 320 g/mol. The van der Waals surface area contributed by atoms with Crippen molar-refractivity contribution in [1.82, 2.24) is 4.98 Å². The van der Waals surface area contributed by atoms with Crippen LogP contribution in [-0.4, -0.2) is 27.8 Å². The van der Waals surface area contributed by atoms with Crippen molar-refractivity contribution >= 4 is 34.0 Å². The highest BCUT2D eigenvalue weighted by Gasteiger charge is 2.22. The molecule has 0 aromatic carbocycles. The first-order valence-corrected chi connectivity index (χ1v) is 7.53. The maximum atomic E-state index is 12.2. The lowest BCUT2D eigenvalue weighted by Crippen LogP contribution is -2.14. The van der Waals surface area contributed by atoms with Gasteiger partial charge >= 0.3 is 5.97 Å². The van der Waals surface area contributed by atoms with Gasteiger partial charge in [-0.15, -0.1) is 11.3 Å². The first kappa shape index (κ1) is 16.0. The number of ketones is 1. The number of aryl methyl sites for hydroxylation is 1. The number of amides is 1. The Morgan fingerprint density at radius 2 is 2.05 bits per heavy atom.